The third kappa shape index (κ3) is 4.22. The monoisotopic (exact) mass is 324 g/mol. The van der Waals surface area contributed by atoms with Crippen LogP contribution >= 0.6 is 0 Å². The second kappa shape index (κ2) is 6.87. The summed E-state index contributed by atoms with van der Waals surface area (Å²) in [5.74, 6) is -1.35. The van der Waals surface area contributed by atoms with Gasteiger partial charge in [0.2, 0.25) is 0 Å². The molecule has 0 aromatic heterocycles. The predicted octanol–water partition coefficient (Wildman–Crippen LogP) is 4.18. The molecule has 2 aromatic rings. The van der Waals surface area contributed by atoms with Gasteiger partial charge in [0.25, 0.3) is 0 Å². The first kappa shape index (κ1) is 17.7. The summed E-state index contributed by atoms with van der Waals surface area (Å²) in [6, 6.07) is 13.2. The molecule has 0 aliphatic carbocycles. The van der Waals surface area contributed by atoms with Gasteiger partial charge in [0.05, 0.1) is 0 Å². The van der Waals surface area contributed by atoms with Crippen molar-refractivity contribution in [3.8, 4) is 0 Å². The van der Waals surface area contributed by atoms with Crippen molar-refractivity contribution >= 4 is 23.2 Å². The number of anilines is 2. The van der Waals surface area contributed by atoms with E-state index in [4.69, 9.17) is 0 Å². The average Bonchev–Trinajstić information content (AvgIpc) is 2.50. The van der Waals surface area contributed by atoms with Gasteiger partial charge in [-0.05, 0) is 48.1 Å². The molecular weight excluding hydrogens is 300 g/mol. The molecule has 0 atom stereocenters. The molecule has 0 bridgehead atoms. The SMILES string of the molecule is Cc1cccc(C)c1NC(=O)C(=O)Nc1ccc(C(C)(C)C)cc1. The van der Waals surface area contributed by atoms with E-state index in [-0.39, 0.29) is 5.41 Å². The first-order valence-electron chi connectivity index (χ1n) is 7.97. The van der Waals surface area contributed by atoms with Crippen LogP contribution in [0, 0.1) is 13.8 Å². The van der Waals surface area contributed by atoms with Crippen LogP contribution in [0.1, 0.15) is 37.5 Å². The zero-order valence-electron chi connectivity index (χ0n) is 14.9. The fourth-order valence-corrected chi connectivity index (χ4v) is 2.42. The van der Waals surface area contributed by atoms with Crippen LogP contribution in [-0.2, 0) is 15.0 Å². The van der Waals surface area contributed by atoms with E-state index < -0.39 is 11.8 Å². The van der Waals surface area contributed by atoms with E-state index >= 15 is 0 Å². The van der Waals surface area contributed by atoms with Gasteiger partial charge in [-0.1, -0.05) is 51.1 Å². The molecule has 0 saturated heterocycles. The number of hydrogen-bond acceptors (Lipinski definition) is 2. The molecule has 126 valence electrons. The molecule has 4 heteroatoms. The summed E-state index contributed by atoms with van der Waals surface area (Å²) in [6.45, 7) is 10.2. The predicted molar refractivity (Wildman–Crippen MR) is 98.3 cm³/mol. The van der Waals surface area contributed by atoms with E-state index in [1.54, 1.807) is 0 Å². The number of nitrogens with one attached hydrogen (secondary N) is 2. The van der Waals surface area contributed by atoms with Crippen LogP contribution in [0.15, 0.2) is 42.5 Å². The smallest absolute Gasteiger partial charge is 0.314 e. The second-order valence-electron chi connectivity index (χ2n) is 7.00. The van der Waals surface area contributed by atoms with Crippen molar-refractivity contribution in [2.24, 2.45) is 0 Å². The fraction of sp³-hybridized carbons (Fsp3) is 0.300. The van der Waals surface area contributed by atoms with Crippen molar-refractivity contribution in [3.05, 3.63) is 59.2 Å². The lowest BCUT2D eigenvalue weighted by atomic mass is 9.87. The molecule has 0 unspecified atom stereocenters. The van der Waals surface area contributed by atoms with Crippen LogP contribution in [0.5, 0.6) is 0 Å². The second-order valence-corrected chi connectivity index (χ2v) is 7.00. The van der Waals surface area contributed by atoms with Gasteiger partial charge in [-0.25, -0.2) is 0 Å². The van der Waals surface area contributed by atoms with Crippen LogP contribution in [0.4, 0.5) is 11.4 Å². The fourth-order valence-electron chi connectivity index (χ4n) is 2.42. The number of rotatable bonds is 2. The van der Waals surface area contributed by atoms with Gasteiger partial charge in [0.1, 0.15) is 0 Å². The molecule has 2 N–H and O–H groups in total. The van der Waals surface area contributed by atoms with Crippen LogP contribution in [0.25, 0.3) is 0 Å². The molecule has 0 heterocycles. The van der Waals surface area contributed by atoms with Crippen molar-refractivity contribution in [1.82, 2.24) is 0 Å². The van der Waals surface area contributed by atoms with Crippen LogP contribution in [0.3, 0.4) is 0 Å². The summed E-state index contributed by atoms with van der Waals surface area (Å²) in [5.41, 5.74) is 4.34. The van der Waals surface area contributed by atoms with Gasteiger partial charge in [0, 0.05) is 11.4 Å². The van der Waals surface area contributed by atoms with Crippen molar-refractivity contribution in [1.29, 1.82) is 0 Å². The first-order valence-corrected chi connectivity index (χ1v) is 7.97. The Kier molecular flexibility index (Phi) is 5.07. The minimum Gasteiger partial charge on any atom is -0.318 e. The van der Waals surface area contributed by atoms with E-state index in [0.717, 1.165) is 11.1 Å². The number of aryl methyl sites for hydroxylation is 2. The molecule has 4 nitrogen and oxygen atoms in total. The number of amides is 2. The van der Waals surface area contributed by atoms with Gasteiger partial charge in [0.15, 0.2) is 0 Å². The van der Waals surface area contributed by atoms with Gasteiger partial charge in [-0.15, -0.1) is 0 Å². The summed E-state index contributed by atoms with van der Waals surface area (Å²) in [6.07, 6.45) is 0. The summed E-state index contributed by atoms with van der Waals surface area (Å²) in [5, 5.41) is 5.31. The summed E-state index contributed by atoms with van der Waals surface area (Å²) >= 11 is 0. The molecule has 0 fully saturated rings. The lowest BCUT2D eigenvalue weighted by Crippen LogP contribution is -2.29. The highest BCUT2D eigenvalue weighted by Crippen LogP contribution is 2.23. The third-order valence-electron chi connectivity index (χ3n) is 3.93. The average molecular weight is 324 g/mol. The Balaban J connectivity index is 2.05. The number of para-hydroxylation sites is 1. The molecule has 0 aliphatic rings. The highest BCUT2D eigenvalue weighted by molar-refractivity contribution is 6.43. The standard InChI is InChI=1S/C20H24N2O2/c1-13-7-6-8-14(2)17(13)22-19(24)18(23)21-16-11-9-15(10-12-16)20(3,4)5/h6-12H,1-5H3,(H,21,23)(H,22,24). The van der Waals surface area contributed by atoms with Crippen LogP contribution < -0.4 is 10.6 Å². The number of benzene rings is 2. The summed E-state index contributed by atoms with van der Waals surface area (Å²) < 4.78 is 0. The topological polar surface area (TPSA) is 58.2 Å². The normalized spacial score (nSPS) is 11.0. The van der Waals surface area contributed by atoms with E-state index in [1.165, 1.54) is 5.56 Å². The Labute approximate surface area is 143 Å². The maximum Gasteiger partial charge on any atom is 0.314 e. The van der Waals surface area contributed by atoms with E-state index in [9.17, 15) is 9.59 Å². The van der Waals surface area contributed by atoms with E-state index in [1.807, 2.05) is 56.3 Å². The molecule has 0 spiro atoms. The zero-order chi connectivity index (χ0) is 17.9. The number of carbonyl (C=O) groups excluding carboxylic acids is 2. The molecule has 0 saturated carbocycles. The van der Waals surface area contributed by atoms with Crippen molar-refractivity contribution in [3.63, 3.8) is 0 Å². The maximum atomic E-state index is 12.1. The van der Waals surface area contributed by atoms with Gasteiger partial charge in [-0.2, -0.15) is 0 Å². The summed E-state index contributed by atoms with van der Waals surface area (Å²) in [4.78, 5) is 24.2. The summed E-state index contributed by atoms with van der Waals surface area (Å²) in [7, 11) is 0. The Bertz CT molecular complexity index is 736. The zero-order valence-corrected chi connectivity index (χ0v) is 14.9. The van der Waals surface area contributed by atoms with Gasteiger partial charge < -0.3 is 10.6 Å². The molecule has 2 amide bonds. The van der Waals surface area contributed by atoms with Gasteiger partial charge in [-0.3, -0.25) is 9.59 Å². The largest absolute Gasteiger partial charge is 0.318 e. The van der Waals surface area contributed by atoms with Crippen molar-refractivity contribution in [2.75, 3.05) is 10.6 Å². The molecule has 2 rings (SSSR count). The molecule has 2 aromatic carbocycles. The highest BCUT2D eigenvalue weighted by atomic mass is 16.2. The first-order chi connectivity index (χ1) is 11.2. The Morgan fingerprint density at radius 2 is 1.29 bits per heavy atom. The van der Waals surface area contributed by atoms with Crippen LogP contribution in [0.2, 0.25) is 0 Å². The quantitative estimate of drug-likeness (QED) is 0.814. The molecule has 0 radical (unpaired) electrons. The third-order valence-corrected chi connectivity index (χ3v) is 3.93. The Morgan fingerprint density at radius 3 is 1.79 bits per heavy atom. The lowest BCUT2D eigenvalue weighted by Gasteiger charge is -2.19. The molecule has 24 heavy (non-hydrogen) atoms. The Hall–Kier alpha value is -2.62. The minimum absolute atomic E-state index is 0.0439. The van der Waals surface area contributed by atoms with Crippen molar-refractivity contribution < 1.29 is 9.59 Å². The number of hydrogen-bond donors (Lipinski definition) is 2. The van der Waals surface area contributed by atoms with Gasteiger partial charge >= 0.3 is 11.8 Å². The van der Waals surface area contributed by atoms with Crippen molar-refractivity contribution in [2.45, 2.75) is 40.0 Å². The molecule has 0 aliphatic heterocycles. The van der Waals surface area contributed by atoms with E-state index in [0.29, 0.717) is 11.4 Å². The van der Waals surface area contributed by atoms with E-state index in [2.05, 4.69) is 31.4 Å². The molecular formula is C20H24N2O2. The maximum absolute atomic E-state index is 12.1. The minimum atomic E-state index is -0.679. The lowest BCUT2D eigenvalue weighted by molar-refractivity contribution is -0.133. The highest BCUT2D eigenvalue weighted by Gasteiger charge is 2.17. The van der Waals surface area contributed by atoms with Crippen LogP contribution in [-0.4, -0.2) is 11.8 Å². The number of carbonyl (C=O) groups is 2. The Morgan fingerprint density at radius 1 is 0.792 bits per heavy atom.